The largest absolute Gasteiger partial charge is 0.496 e. The Labute approximate surface area is 259 Å². The van der Waals surface area contributed by atoms with Gasteiger partial charge in [-0.2, -0.15) is 0 Å². The van der Waals surface area contributed by atoms with Gasteiger partial charge in [0.2, 0.25) is 0 Å². The molecule has 0 aromatic heterocycles. The van der Waals surface area contributed by atoms with Crippen LogP contribution in [0.2, 0.25) is 0 Å². The molecule has 0 saturated heterocycles. The maximum Gasteiger partial charge on any atom is 0.131 e. The molecule has 0 amide bonds. The molecule has 0 saturated carbocycles. The van der Waals surface area contributed by atoms with Crippen LogP contribution in [0.1, 0.15) is 60.1 Å². The van der Waals surface area contributed by atoms with Crippen LogP contribution in [0.5, 0.6) is 11.5 Å². The first-order valence-electron chi connectivity index (χ1n) is 15.0. The zero-order valence-electron chi connectivity index (χ0n) is 26.7. The van der Waals surface area contributed by atoms with Crippen molar-refractivity contribution in [2.24, 2.45) is 0 Å². The minimum absolute atomic E-state index is 0.0364. The van der Waals surface area contributed by atoms with Gasteiger partial charge in [-0.05, 0) is 78.6 Å². The fraction of sp³-hybridized carbons (Fsp3) is 0.250. The number of ether oxygens (including phenoxy) is 2. The second-order valence-electron chi connectivity index (χ2n) is 12.2. The van der Waals surface area contributed by atoms with Crippen LogP contribution in [0.25, 0.3) is 11.1 Å². The Morgan fingerprint density at radius 1 is 0.581 bits per heavy atom. The standard InChI is InChI=1S/C40H43O2P/c1-27-18-15-16-25-34(27)43(40(4,5)6)39-37(35-28(2)19-17-20-29(35)3)33(41-7)26-32(38(39)42-8)36(30-21-11-9-12-22-30)31-23-13-10-14-24-31/h9-26,36H,1-8H3. The van der Waals surface area contributed by atoms with Crippen LogP contribution in [0.4, 0.5) is 0 Å². The summed E-state index contributed by atoms with van der Waals surface area (Å²) in [6.07, 6.45) is 0. The van der Waals surface area contributed by atoms with Crippen molar-refractivity contribution in [1.29, 1.82) is 0 Å². The summed E-state index contributed by atoms with van der Waals surface area (Å²) >= 11 is 0. The molecule has 5 aromatic rings. The Kier molecular flexibility index (Phi) is 9.09. The maximum atomic E-state index is 6.64. The fourth-order valence-corrected chi connectivity index (χ4v) is 9.54. The van der Waals surface area contributed by atoms with Crippen LogP contribution in [0, 0.1) is 20.8 Å². The number of hydrogen-bond acceptors (Lipinski definition) is 2. The van der Waals surface area contributed by atoms with Gasteiger partial charge >= 0.3 is 0 Å². The number of hydrogen-bond donors (Lipinski definition) is 0. The van der Waals surface area contributed by atoms with E-state index < -0.39 is 7.92 Å². The predicted octanol–water partition coefficient (Wildman–Crippen LogP) is 9.71. The summed E-state index contributed by atoms with van der Waals surface area (Å²) in [5.74, 6) is 1.79. The Morgan fingerprint density at radius 3 is 1.58 bits per heavy atom. The second kappa shape index (κ2) is 12.8. The molecule has 0 aliphatic carbocycles. The topological polar surface area (TPSA) is 18.5 Å². The van der Waals surface area contributed by atoms with Crippen molar-refractivity contribution in [3.63, 3.8) is 0 Å². The van der Waals surface area contributed by atoms with Gasteiger partial charge in [0.15, 0.2) is 0 Å². The summed E-state index contributed by atoms with van der Waals surface area (Å²) in [5.41, 5.74) is 9.67. The first-order chi connectivity index (χ1) is 20.7. The molecule has 2 nitrogen and oxygen atoms in total. The highest BCUT2D eigenvalue weighted by Crippen LogP contribution is 2.56. The van der Waals surface area contributed by atoms with Crippen molar-refractivity contribution >= 4 is 18.5 Å². The van der Waals surface area contributed by atoms with Gasteiger partial charge in [-0.1, -0.05) is 124 Å². The molecule has 0 aliphatic heterocycles. The van der Waals surface area contributed by atoms with Gasteiger partial charge in [-0.3, -0.25) is 0 Å². The lowest BCUT2D eigenvalue weighted by Crippen LogP contribution is -2.31. The Hall–Kier alpha value is -3.87. The van der Waals surface area contributed by atoms with Crippen molar-refractivity contribution < 1.29 is 9.47 Å². The summed E-state index contributed by atoms with van der Waals surface area (Å²) in [4.78, 5) is 0. The summed E-state index contributed by atoms with van der Waals surface area (Å²) in [7, 11) is 2.73. The SMILES string of the molecule is COc1cc(C(c2ccccc2)c2ccccc2)c(OC)c(P(c2ccccc2C)C(C)(C)C)c1-c1c(C)cccc1C. The molecule has 0 N–H and O–H groups in total. The molecule has 0 spiro atoms. The van der Waals surface area contributed by atoms with Crippen molar-refractivity contribution in [3.8, 4) is 22.6 Å². The Morgan fingerprint density at radius 2 is 1.09 bits per heavy atom. The van der Waals surface area contributed by atoms with Crippen LogP contribution >= 0.6 is 7.92 Å². The minimum atomic E-state index is -0.914. The molecule has 5 aromatic carbocycles. The lowest BCUT2D eigenvalue weighted by atomic mass is 9.83. The normalized spacial score (nSPS) is 12.3. The van der Waals surface area contributed by atoms with E-state index in [9.17, 15) is 0 Å². The third-order valence-corrected chi connectivity index (χ3v) is 11.4. The number of methoxy groups -OCH3 is 2. The van der Waals surface area contributed by atoms with Gasteiger partial charge in [0.25, 0.3) is 0 Å². The van der Waals surface area contributed by atoms with Gasteiger partial charge in [0.1, 0.15) is 11.5 Å². The van der Waals surface area contributed by atoms with Crippen LogP contribution in [-0.2, 0) is 0 Å². The van der Waals surface area contributed by atoms with Crippen molar-refractivity contribution in [1.82, 2.24) is 0 Å². The van der Waals surface area contributed by atoms with Crippen molar-refractivity contribution in [3.05, 3.63) is 143 Å². The van der Waals surface area contributed by atoms with Gasteiger partial charge < -0.3 is 9.47 Å². The van der Waals surface area contributed by atoms with Crippen molar-refractivity contribution in [2.45, 2.75) is 52.6 Å². The zero-order valence-corrected chi connectivity index (χ0v) is 27.6. The van der Waals surface area contributed by atoms with E-state index in [2.05, 4.69) is 151 Å². The molecule has 1 unspecified atom stereocenters. The Bertz CT molecular complexity index is 1640. The quantitative estimate of drug-likeness (QED) is 0.133. The van der Waals surface area contributed by atoms with E-state index in [4.69, 9.17) is 9.47 Å². The van der Waals surface area contributed by atoms with E-state index in [1.165, 1.54) is 44.0 Å². The van der Waals surface area contributed by atoms with Crippen LogP contribution < -0.4 is 20.1 Å². The molecule has 0 heterocycles. The maximum absolute atomic E-state index is 6.64. The molecule has 43 heavy (non-hydrogen) atoms. The molecule has 220 valence electrons. The Balaban J connectivity index is 2.00. The number of rotatable bonds is 8. The molecular formula is C40H43O2P. The molecule has 5 rings (SSSR count). The molecular weight excluding hydrogens is 543 g/mol. The average molecular weight is 587 g/mol. The molecule has 0 bridgehead atoms. The monoisotopic (exact) mass is 586 g/mol. The van der Waals surface area contributed by atoms with Gasteiger partial charge in [-0.15, -0.1) is 0 Å². The van der Waals surface area contributed by atoms with Gasteiger partial charge in [-0.25, -0.2) is 0 Å². The molecule has 0 aliphatic rings. The summed E-state index contributed by atoms with van der Waals surface area (Å²) in [6.45, 7) is 13.7. The molecule has 1 atom stereocenters. The van der Waals surface area contributed by atoms with E-state index in [1.807, 2.05) is 7.11 Å². The highest BCUT2D eigenvalue weighted by Gasteiger charge is 2.38. The van der Waals surface area contributed by atoms with E-state index in [0.29, 0.717) is 0 Å². The minimum Gasteiger partial charge on any atom is -0.496 e. The van der Waals surface area contributed by atoms with E-state index in [-0.39, 0.29) is 11.1 Å². The first-order valence-corrected chi connectivity index (χ1v) is 16.3. The highest BCUT2D eigenvalue weighted by molar-refractivity contribution is 7.75. The molecule has 0 radical (unpaired) electrons. The summed E-state index contributed by atoms with van der Waals surface area (Å²) in [6, 6.07) is 39.2. The third kappa shape index (κ3) is 5.99. The van der Waals surface area contributed by atoms with E-state index in [0.717, 1.165) is 22.6 Å². The summed E-state index contributed by atoms with van der Waals surface area (Å²) in [5, 5.41) is 2.53. The lowest BCUT2D eigenvalue weighted by molar-refractivity contribution is 0.402. The fourth-order valence-electron chi connectivity index (χ4n) is 6.37. The van der Waals surface area contributed by atoms with Crippen LogP contribution in [-0.4, -0.2) is 19.4 Å². The third-order valence-electron chi connectivity index (χ3n) is 8.23. The predicted molar refractivity (Wildman–Crippen MR) is 185 cm³/mol. The number of benzene rings is 5. The average Bonchev–Trinajstić information content (AvgIpc) is 2.99. The van der Waals surface area contributed by atoms with E-state index >= 15 is 0 Å². The molecule has 0 fully saturated rings. The van der Waals surface area contributed by atoms with Crippen molar-refractivity contribution in [2.75, 3.05) is 14.2 Å². The summed E-state index contributed by atoms with van der Waals surface area (Å²) < 4.78 is 13.0. The lowest BCUT2D eigenvalue weighted by Gasteiger charge is -2.37. The molecule has 3 heteroatoms. The van der Waals surface area contributed by atoms with E-state index in [1.54, 1.807) is 7.11 Å². The number of aryl methyl sites for hydroxylation is 3. The first kappa shape index (κ1) is 30.6. The zero-order chi connectivity index (χ0) is 30.7. The van der Waals surface area contributed by atoms with Gasteiger partial charge in [0, 0.05) is 22.3 Å². The van der Waals surface area contributed by atoms with Crippen LogP contribution in [0.3, 0.4) is 0 Å². The van der Waals surface area contributed by atoms with Gasteiger partial charge in [0.05, 0.1) is 14.2 Å². The van der Waals surface area contributed by atoms with Crippen LogP contribution in [0.15, 0.2) is 109 Å². The second-order valence-corrected chi connectivity index (χ2v) is 15.2. The smallest absolute Gasteiger partial charge is 0.131 e. The highest BCUT2D eigenvalue weighted by atomic mass is 31.1.